The van der Waals surface area contributed by atoms with Gasteiger partial charge in [-0.25, -0.2) is 4.68 Å². The summed E-state index contributed by atoms with van der Waals surface area (Å²) in [7, 11) is 1.61. The third-order valence-corrected chi connectivity index (χ3v) is 6.01. The van der Waals surface area contributed by atoms with Crippen LogP contribution in [0.25, 0.3) is 5.69 Å². The molecule has 1 aliphatic carbocycles. The summed E-state index contributed by atoms with van der Waals surface area (Å²) >= 11 is 0. The number of likely N-dealkylation sites (tertiary alicyclic amines) is 1. The number of rotatable bonds is 4. The molecule has 2 atom stereocenters. The van der Waals surface area contributed by atoms with E-state index < -0.39 is 11.4 Å². The standard InChI is InChI=1S/C20H23N3O4/c1-13-10-17(21-23(13)15-5-7-16(27-2)8-6-15)18(24)22-11-14-4-3-9-20(14,12-22)19(25)26/h5-8,10,14H,3-4,9,11-12H2,1-2H3,(H,25,26)/t14-,20+/m0/s1. The number of fused-ring (bicyclic) bond motifs is 1. The number of aromatic nitrogens is 2. The van der Waals surface area contributed by atoms with Gasteiger partial charge in [0.05, 0.1) is 18.2 Å². The number of nitrogens with zero attached hydrogens (tertiary/aromatic N) is 3. The molecule has 0 bridgehead atoms. The van der Waals surface area contributed by atoms with Crippen molar-refractivity contribution in [2.24, 2.45) is 11.3 Å². The van der Waals surface area contributed by atoms with Gasteiger partial charge in [0.1, 0.15) is 5.75 Å². The van der Waals surface area contributed by atoms with Crippen LogP contribution < -0.4 is 4.74 Å². The third-order valence-electron chi connectivity index (χ3n) is 6.01. The second-order valence-electron chi connectivity index (χ2n) is 7.52. The highest BCUT2D eigenvalue weighted by Crippen LogP contribution is 2.49. The first kappa shape index (κ1) is 17.6. The Balaban J connectivity index is 1.57. The number of benzene rings is 1. The maximum absolute atomic E-state index is 13.0. The van der Waals surface area contributed by atoms with Crippen molar-refractivity contribution in [1.29, 1.82) is 0 Å². The summed E-state index contributed by atoms with van der Waals surface area (Å²) in [6.45, 7) is 2.67. The molecule has 1 aromatic heterocycles. The molecular weight excluding hydrogens is 346 g/mol. The van der Waals surface area contributed by atoms with Crippen molar-refractivity contribution in [3.8, 4) is 11.4 Å². The minimum atomic E-state index is -0.778. The van der Waals surface area contributed by atoms with E-state index in [0.29, 0.717) is 18.7 Å². The molecule has 7 heteroatoms. The van der Waals surface area contributed by atoms with Gasteiger partial charge in [-0.1, -0.05) is 6.42 Å². The van der Waals surface area contributed by atoms with Crippen molar-refractivity contribution in [1.82, 2.24) is 14.7 Å². The van der Waals surface area contributed by atoms with Crippen molar-refractivity contribution >= 4 is 11.9 Å². The lowest BCUT2D eigenvalue weighted by atomic mass is 9.81. The first-order valence-electron chi connectivity index (χ1n) is 9.18. The molecule has 2 heterocycles. The first-order chi connectivity index (χ1) is 12.9. The molecule has 7 nitrogen and oxygen atoms in total. The van der Waals surface area contributed by atoms with E-state index in [1.165, 1.54) is 0 Å². The van der Waals surface area contributed by atoms with Gasteiger partial charge in [-0.15, -0.1) is 0 Å². The molecule has 4 rings (SSSR count). The highest BCUT2D eigenvalue weighted by atomic mass is 16.5. The molecule has 27 heavy (non-hydrogen) atoms. The molecule has 0 unspecified atom stereocenters. The monoisotopic (exact) mass is 369 g/mol. The fourth-order valence-electron chi connectivity index (χ4n) is 4.52. The van der Waals surface area contributed by atoms with E-state index in [9.17, 15) is 14.7 Å². The SMILES string of the molecule is COc1ccc(-n2nc(C(=O)N3C[C@@H]4CCC[C@@]4(C(=O)O)C3)cc2C)cc1. The normalized spacial score (nSPS) is 24.1. The third kappa shape index (κ3) is 2.78. The van der Waals surface area contributed by atoms with Gasteiger partial charge < -0.3 is 14.7 Å². The van der Waals surface area contributed by atoms with Crippen molar-refractivity contribution < 1.29 is 19.4 Å². The second kappa shape index (κ2) is 6.40. The summed E-state index contributed by atoms with van der Waals surface area (Å²) in [5.41, 5.74) is 1.26. The molecule has 0 spiro atoms. The van der Waals surface area contributed by atoms with Gasteiger partial charge in [0.25, 0.3) is 5.91 Å². The lowest BCUT2D eigenvalue weighted by Crippen LogP contribution is -2.37. The maximum Gasteiger partial charge on any atom is 0.311 e. The number of carboxylic acids is 1. The molecule has 1 saturated heterocycles. The molecular formula is C20H23N3O4. The molecule has 1 aliphatic heterocycles. The summed E-state index contributed by atoms with van der Waals surface area (Å²) in [4.78, 5) is 26.5. The van der Waals surface area contributed by atoms with E-state index in [-0.39, 0.29) is 18.4 Å². The van der Waals surface area contributed by atoms with Crippen LogP contribution in [0.1, 0.15) is 35.4 Å². The predicted octanol–water partition coefficient (Wildman–Crippen LogP) is 2.52. The van der Waals surface area contributed by atoms with Gasteiger partial charge in [-0.05, 0) is 56.0 Å². The Hall–Kier alpha value is -2.83. The molecule has 0 radical (unpaired) electrons. The Morgan fingerprint density at radius 3 is 2.67 bits per heavy atom. The molecule has 1 saturated carbocycles. The van der Waals surface area contributed by atoms with E-state index in [4.69, 9.17) is 4.74 Å². The predicted molar refractivity (Wildman–Crippen MR) is 98.2 cm³/mol. The average Bonchev–Trinajstić information content (AvgIpc) is 3.33. The number of carbonyl (C=O) groups is 2. The zero-order chi connectivity index (χ0) is 19.2. The number of ether oxygens (including phenoxy) is 1. The highest BCUT2D eigenvalue weighted by molar-refractivity contribution is 5.93. The lowest BCUT2D eigenvalue weighted by molar-refractivity contribution is -0.149. The first-order valence-corrected chi connectivity index (χ1v) is 9.18. The van der Waals surface area contributed by atoms with Crippen molar-refractivity contribution in [2.45, 2.75) is 26.2 Å². The molecule has 2 aliphatic rings. The van der Waals surface area contributed by atoms with Crippen molar-refractivity contribution in [2.75, 3.05) is 20.2 Å². The fourth-order valence-corrected chi connectivity index (χ4v) is 4.52. The summed E-state index contributed by atoms with van der Waals surface area (Å²) in [5.74, 6) is -0.174. The smallest absolute Gasteiger partial charge is 0.311 e. The zero-order valence-electron chi connectivity index (χ0n) is 15.5. The van der Waals surface area contributed by atoms with E-state index in [1.807, 2.05) is 31.2 Å². The summed E-state index contributed by atoms with van der Waals surface area (Å²) in [6.07, 6.45) is 2.44. The van der Waals surface area contributed by atoms with Crippen molar-refractivity contribution in [3.63, 3.8) is 0 Å². The second-order valence-corrected chi connectivity index (χ2v) is 7.52. The highest BCUT2D eigenvalue weighted by Gasteiger charge is 2.56. The van der Waals surface area contributed by atoms with Crippen LogP contribution in [0.4, 0.5) is 0 Å². The molecule has 1 amide bonds. The van der Waals surface area contributed by atoms with Gasteiger partial charge in [0.15, 0.2) is 5.69 Å². The maximum atomic E-state index is 13.0. The molecule has 2 aromatic rings. The average molecular weight is 369 g/mol. The number of carboxylic acid groups (broad SMARTS) is 1. The number of methoxy groups -OCH3 is 1. The van der Waals surface area contributed by atoms with Crippen LogP contribution in [0.15, 0.2) is 30.3 Å². The Labute approximate surface area is 157 Å². The van der Waals surface area contributed by atoms with Crippen LogP contribution >= 0.6 is 0 Å². The van der Waals surface area contributed by atoms with E-state index in [2.05, 4.69) is 5.10 Å². The number of aliphatic carboxylic acids is 1. The topological polar surface area (TPSA) is 84.7 Å². The number of amides is 1. The Kier molecular flexibility index (Phi) is 4.17. The van der Waals surface area contributed by atoms with Gasteiger partial charge >= 0.3 is 5.97 Å². The molecule has 142 valence electrons. The Morgan fingerprint density at radius 2 is 2.04 bits per heavy atom. The Bertz CT molecular complexity index is 889. The lowest BCUT2D eigenvalue weighted by Gasteiger charge is -2.23. The zero-order valence-corrected chi connectivity index (χ0v) is 15.5. The van der Waals surface area contributed by atoms with Gasteiger partial charge in [0.2, 0.25) is 0 Å². The van der Waals surface area contributed by atoms with Crippen LogP contribution in [-0.4, -0.2) is 51.9 Å². The number of hydrogen-bond acceptors (Lipinski definition) is 4. The largest absolute Gasteiger partial charge is 0.497 e. The summed E-state index contributed by atoms with van der Waals surface area (Å²) in [6, 6.07) is 9.21. The van der Waals surface area contributed by atoms with Gasteiger partial charge in [0, 0.05) is 18.8 Å². The molecule has 1 aromatic carbocycles. The van der Waals surface area contributed by atoms with Gasteiger partial charge in [-0.2, -0.15) is 5.10 Å². The van der Waals surface area contributed by atoms with Crippen molar-refractivity contribution in [3.05, 3.63) is 41.7 Å². The van der Waals surface area contributed by atoms with Crippen LogP contribution in [0.3, 0.4) is 0 Å². The van der Waals surface area contributed by atoms with Crippen LogP contribution in [0, 0.1) is 18.3 Å². The fraction of sp³-hybridized carbons (Fsp3) is 0.450. The minimum Gasteiger partial charge on any atom is -0.497 e. The molecule has 1 N–H and O–H groups in total. The number of carbonyl (C=O) groups excluding carboxylic acids is 1. The van der Waals surface area contributed by atoms with Crippen LogP contribution in [0.5, 0.6) is 5.75 Å². The van der Waals surface area contributed by atoms with E-state index >= 15 is 0 Å². The Morgan fingerprint density at radius 1 is 1.30 bits per heavy atom. The van der Waals surface area contributed by atoms with Crippen LogP contribution in [-0.2, 0) is 4.79 Å². The van der Waals surface area contributed by atoms with Gasteiger partial charge in [-0.3, -0.25) is 9.59 Å². The van der Waals surface area contributed by atoms with Crippen LogP contribution in [0.2, 0.25) is 0 Å². The van der Waals surface area contributed by atoms with E-state index in [0.717, 1.165) is 30.0 Å². The molecule has 2 fully saturated rings. The van der Waals surface area contributed by atoms with E-state index in [1.54, 1.807) is 22.8 Å². The minimum absolute atomic E-state index is 0.0451. The quantitative estimate of drug-likeness (QED) is 0.895. The number of aryl methyl sites for hydroxylation is 1. The summed E-state index contributed by atoms with van der Waals surface area (Å²) in [5, 5.41) is 14.2. The number of hydrogen-bond donors (Lipinski definition) is 1. The summed E-state index contributed by atoms with van der Waals surface area (Å²) < 4.78 is 6.89.